The first-order chi connectivity index (χ1) is 13.3. The number of hydrogen-bond donors (Lipinski definition) is 3. The number of rotatable bonds is 6. The lowest BCUT2D eigenvalue weighted by Gasteiger charge is -2.49. The maximum Gasteiger partial charge on any atom is 0.352 e. The van der Waals surface area contributed by atoms with Gasteiger partial charge < -0.3 is 20.3 Å². The zero-order valence-electron chi connectivity index (χ0n) is 14.9. The van der Waals surface area contributed by atoms with Crippen LogP contribution in [0.5, 0.6) is 5.75 Å². The lowest BCUT2D eigenvalue weighted by Crippen LogP contribution is -2.70. The van der Waals surface area contributed by atoms with Crippen molar-refractivity contribution in [2.45, 2.75) is 24.8 Å². The van der Waals surface area contributed by atoms with Crippen LogP contribution >= 0.6 is 11.8 Å². The number of aromatic hydroxyl groups is 1. The average Bonchev–Trinajstić information content (AvgIpc) is 2.65. The number of hydrogen-bond acceptors (Lipinski definition) is 7. The van der Waals surface area contributed by atoms with E-state index < -0.39 is 29.3 Å². The number of carbonyl (C=O) groups excluding carboxylic acids is 3. The maximum absolute atomic E-state index is 12.5. The Morgan fingerprint density at radius 2 is 1.96 bits per heavy atom. The molecule has 1 saturated heterocycles. The standard InChI is InChI=1S/C18H18N2O7S/c1-9(21)27-7-11-8-28-17-14(16(24)20(17)15(11)18(25)26)19-13(23)6-10-2-4-12(22)5-3-10/h2-5,14,17,22H,6-8H2,1H3,(H,19,23)(H,25,26)/t14-,17-/m1/s1. The zero-order chi connectivity index (χ0) is 20.4. The number of fused-ring (bicyclic) bond motifs is 1. The summed E-state index contributed by atoms with van der Waals surface area (Å²) in [5, 5.41) is 20.9. The van der Waals surface area contributed by atoms with Crippen LogP contribution in [0.15, 0.2) is 35.5 Å². The number of nitrogens with one attached hydrogen (secondary N) is 1. The van der Waals surface area contributed by atoms with Gasteiger partial charge in [0.25, 0.3) is 5.91 Å². The summed E-state index contributed by atoms with van der Waals surface area (Å²) in [5.41, 5.74) is 0.815. The average molecular weight is 406 g/mol. The van der Waals surface area contributed by atoms with Gasteiger partial charge in [-0.25, -0.2) is 4.79 Å². The predicted octanol–water partition coefficient (Wildman–Crippen LogP) is 0.236. The second-order valence-corrected chi connectivity index (χ2v) is 7.44. The Morgan fingerprint density at radius 1 is 1.29 bits per heavy atom. The Hall–Kier alpha value is -3.01. The summed E-state index contributed by atoms with van der Waals surface area (Å²) in [7, 11) is 0. The largest absolute Gasteiger partial charge is 0.508 e. The molecule has 2 aliphatic rings. The van der Waals surface area contributed by atoms with Gasteiger partial charge in [-0.15, -0.1) is 11.8 Å². The van der Waals surface area contributed by atoms with E-state index in [1.54, 1.807) is 12.1 Å². The van der Waals surface area contributed by atoms with E-state index in [0.29, 0.717) is 11.1 Å². The first-order valence-electron chi connectivity index (χ1n) is 8.38. The Morgan fingerprint density at radius 3 is 2.57 bits per heavy atom. The van der Waals surface area contributed by atoms with Crippen molar-refractivity contribution in [3.05, 3.63) is 41.1 Å². The van der Waals surface area contributed by atoms with Crippen LogP contribution in [-0.4, -0.2) is 62.6 Å². The Balaban J connectivity index is 1.67. The van der Waals surface area contributed by atoms with Crippen LogP contribution < -0.4 is 5.32 Å². The lowest BCUT2D eigenvalue weighted by atomic mass is 10.0. The molecule has 2 heterocycles. The number of phenolic OH excluding ortho intramolecular Hbond substituents is 1. The number of thioether (sulfide) groups is 1. The number of ether oxygens (including phenoxy) is 1. The number of esters is 1. The van der Waals surface area contributed by atoms with Crippen LogP contribution in [-0.2, 0) is 30.3 Å². The quantitative estimate of drug-likeness (QED) is 0.452. The number of nitrogens with zero attached hydrogens (tertiary/aromatic N) is 1. The van der Waals surface area contributed by atoms with Crippen LogP contribution in [0, 0.1) is 0 Å². The van der Waals surface area contributed by atoms with Gasteiger partial charge in [0.2, 0.25) is 5.91 Å². The highest BCUT2D eigenvalue weighted by molar-refractivity contribution is 8.00. The second kappa shape index (κ2) is 7.93. The minimum Gasteiger partial charge on any atom is -0.508 e. The van der Waals surface area contributed by atoms with Gasteiger partial charge in [0.1, 0.15) is 29.5 Å². The molecule has 1 aromatic rings. The molecule has 1 fully saturated rings. The third-order valence-electron chi connectivity index (χ3n) is 4.32. The highest BCUT2D eigenvalue weighted by Gasteiger charge is 2.54. The van der Waals surface area contributed by atoms with Gasteiger partial charge in [-0.3, -0.25) is 19.3 Å². The zero-order valence-corrected chi connectivity index (χ0v) is 15.7. The number of benzene rings is 1. The highest BCUT2D eigenvalue weighted by atomic mass is 32.2. The summed E-state index contributed by atoms with van der Waals surface area (Å²) in [6, 6.07) is 5.31. The fraction of sp³-hybridized carbons (Fsp3) is 0.333. The van der Waals surface area contributed by atoms with Crippen molar-refractivity contribution in [3.63, 3.8) is 0 Å². The molecular weight excluding hydrogens is 388 g/mol. The molecule has 0 bridgehead atoms. The fourth-order valence-corrected chi connectivity index (χ4v) is 4.33. The van der Waals surface area contributed by atoms with E-state index in [0.717, 1.165) is 4.90 Å². The smallest absolute Gasteiger partial charge is 0.352 e. The summed E-state index contributed by atoms with van der Waals surface area (Å²) in [5.74, 6) is -2.36. The van der Waals surface area contributed by atoms with E-state index >= 15 is 0 Å². The van der Waals surface area contributed by atoms with Crippen molar-refractivity contribution in [3.8, 4) is 5.75 Å². The third kappa shape index (κ3) is 3.96. The van der Waals surface area contributed by atoms with Crippen molar-refractivity contribution >= 4 is 35.5 Å². The van der Waals surface area contributed by atoms with Crippen molar-refractivity contribution in [2.24, 2.45) is 0 Å². The van der Waals surface area contributed by atoms with Crippen LogP contribution in [0.25, 0.3) is 0 Å². The van der Waals surface area contributed by atoms with Crippen molar-refractivity contribution < 1.29 is 34.1 Å². The van der Waals surface area contributed by atoms with Gasteiger partial charge in [-0.1, -0.05) is 12.1 Å². The Kier molecular flexibility index (Phi) is 5.59. The van der Waals surface area contributed by atoms with E-state index in [9.17, 15) is 29.4 Å². The normalized spacial score (nSPS) is 20.9. The molecule has 2 atom stereocenters. The molecular formula is C18H18N2O7S. The molecule has 0 aliphatic carbocycles. The Labute approximate surface area is 164 Å². The molecule has 148 valence electrons. The molecule has 2 amide bonds. The van der Waals surface area contributed by atoms with Gasteiger partial charge >= 0.3 is 11.9 Å². The maximum atomic E-state index is 12.5. The van der Waals surface area contributed by atoms with Crippen molar-refractivity contribution in [1.29, 1.82) is 0 Å². The number of phenols is 1. The molecule has 3 rings (SSSR count). The molecule has 0 aromatic heterocycles. The van der Waals surface area contributed by atoms with Crippen LogP contribution in [0.2, 0.25) is 0 Å². The third-order valence-corrected chi connectivity index (χ3v) is 5.66. The first-order valence-corrected chi connectivity index (χ1v) is 9.43. The minimum absolute atomic E-state index is 0.0285. The molecule has 10 heteroatoms. The summed E-state index contributed by atoms with van der Waals surface area (Å²) in [6.07, 6.45) is 0.0285. The predicted molar refractivity (Wildman–Crippen MR) is 98.1 cm³/mol. The van der Waals surface area contributed by atoms with E-state index in [4.69, 9.17) is 4.74 Å². The first kappa shape index (κ1) is 19.7. The number of carboxylic acid groups (broad SMARTS) is 1. The van der Waals surface area contributed by atoms with E-state index in [1.165, 1.54) is 30.8 Å². The Bertz CT molecular complexity index is 865. The molecule has 1 aromatic carbocycles. The minimum atomic E-state index is -1.28. The van der Waals surface area contributed by atoms with Gasteiger partial charge in [0, 0.05) is 18.2 Å². The van der Waals surface area contributed by atoms with Crippen LogP contribution in [0.1, 0.15) is 12.5 Å². The summed E-state index contributed by atoms with van der Waals surface area (Å²) < 4.78 is 4.87. The van der Waals surface area contributed by atoms with Crippen molar-refractivity contribution in [1.82, 2.24) is 10.2 Å². The van der Waals surface area contributed by atoms with Crippen LogP contribution in [0.3, 0.4) is 0 Å². The van der Waals surface area contributed by atoms with Gasteiger partial charge in [0.05, 0.1) is 6.42 Å². The molecule has 9 nitrogen and oxygen atoms in total. The van der Waals surface area contributed by atoms with E-state index in [1.807, 2.05) is 0 Å². The molecule has 2 aliphatic heterocycles. The SMILES string of the molecule is CC(=O)OCC1=C(C(=O)O)N2C(=O)[C@@H](NC(=O)Cc3ccc(O)cc3)[C@H]2SC1. The van der Waals surface area contributed by atoms with Gasteiger partial charge in [0.15, 0.2) is 0 Å². The van der Waals surface area contributed by atoms with E-state index in [-0.39, 0.29) is 36.1 Å². The summed E-state index contributed by atoms with van der Waals surface area (Å²) in [6.45, 7) is 1.02. The number of aliphatic carboxylic acids is 1. The van der Waals surface area contributed by atoms with Gasteiger partial charge in [-0.2, -0.15) is 0 Å². The molecule has 0 radical (unpaired) electrons. The number of carbonyl (C=O) groups is 4. The van der Waals surface area contributed by atoms with Gasteiger partial charge in [-0.05, 0) is 17.7 Å². The molecule has 0 unspecified atom stereocenters. The highest BCUT2D eigenvalue weighted by Crippen LogP contribution is 2.40. The number of β-lactam (4-membered cyclic amide) rings is 1. The number of amides is 2. The summed E-state index contributed by atoms with van der Waals surface area (Å²) >= 11 is 1.30. The topological polar surface area (TPSA) is 133 Å². The summed E-state index contributed by atoms with van der Waals surface area (Å²) in [4.78, 5) is 48.5. The van der Waals surface area contributed by atoms with Crippen LogP contribution in [0.4, 0.5) is 0 Å². The molecule has 0 saturated carbocycles. The number of carboxylic acids is 1. The second-order valence-electron chi connectivity index (χ2n) is 6.34. The lowest BCUT2D eigenvalue weighted by molar-refractivity contribution is -0.151. The monoisotopic (exact) mass is 406 g/mol. The molecule has 3 N–H and O–H groups in total. The van der Waals surface area contributed by atoms with Crippen molar-refractivity contribution in [2.75, 3.05) is 12.4 Å². The van der Waals surface area contributed by atoms with E-state index in [2.05, 4.69) is 5.32 Å². The fourth-order valence-electron chi connectivity index (χ4n) is 3.01. The molecule has 0 spiro atoms. The molecule has 28 heavy (non-hydrogen) atoms.